The number of hydrogen-bond acceptors (Lipinski definition) is 7. The zero-order valence-corrected chi connectivity index (χ0v) is 19.3. The number of pyridine rings is 1. The molecule has 0 saturated heterocycles. The molecule has 4 aromatic heterocycles. The molecule has 0 bridgehead atoms. The first kappa shape index (κ1) is 23.8. The number of carbonyl (C=O) groups is 1. The Labute approximate surface area is 204 Å². The predicted octanol–water partition coefficient (Wildman–Crippen LogP) is 3.06. The molecular formula is C24H25F2N7O3. The minimum absolute atomic E-state index is 0.00462. The fourth-order valence-corrected chi connectivity index (χ4v) is 4.84. The third kappa shape index (κ3) is 4.39. The van der Waals surface area contributed by atoms with E-state index in [4.69, 9.17) is 20.9 Å². The topological polar surface area (TPSA) is 144 Å². The maximum atomic E-state index is 15.0. The second-order valence-electron chi connectivity index (χ2n) is 9.02. The number of aliphatic carboxylic acids is 1. The van der Waals surface area contributed by atoms with Gasteiger partial charge in [-0.3, -0.25) is 9.67 Å². The Bertz CT molecular complexity index is 1410. The van der Waals surface area contributed by atoms with Crippen LogP contribution >= 0.6 is 0 Å². The summed E-state index contributed by atoms with van der Waals surface area (Å²) in [5, 5.41) is 26.4. The van der Waals surface area contributed by atoms with E-state index in [0.29, 0.717) is 66.1 Å². The zero-order chi connectivity index (χ0) is 25.4. The van der Waals surface area contributed by atoms with E-state index < -0.39 is 23.9 Å². The van der Waals surface area contributed by atoms with Crippen molar-refractivity contribution in [2.75, 3.05) is 12.3 Å². The van der Waals surface area contributed by atoms with E-state index in [1.54, 1.807) is 18.5 Å². The molecule has 0 amide bonds. The first-order valence-corrected chi connectivity index (χ1v) is 11.7. The molecule has 4 heterocycles. The van der Waals surface area contributed by atoms with Gasteiger partial charge in [0, 0.05) is 52.7 Å². The van der Waals surface area contributed by atoms with Crippen LogP contribution in [0.25, 0.3) is 28.0 Å². The van der Waals surface area contributed by atoms with Gasteiger partial charge in [0.2, 0.25) is 0 Å². The molecule has 4 aromatic rings. The fraction of sp³-hybridized carbons (Fsp3) is 0.375. The van der Waals surface area contributed by atoms with Crippen LogP contribution in [0.3, 0.4) is 0 Å². The number of nitrogens with zero attached hydrogens (tertiary/aromatic N) is 6. The van der Waals surface area contributed by atoms with E-state index >= 15 is 4.39 Å². The van der Waals surface area contributed by atoms with Gasteiger partial charge in [0.15, 0.2) is 11.8 Å². The number of hydrogen-bond donors (Lipinski definition) is 3. The van der Waals surface area contributed by atoms with Crippen LogP contribution in [0.4, 0.5) is 14.6 Å². The molecule has 36 heavy (non-hydrogen) atoms. The first-order chi connectivity index (χ1) is 17.4. The van der Waals surface area contributed by atoms with E-state index in [2.05, 4.69) is 15.2 Å². The van der Waals surface area contributed by atoms with Crippen molar-refractivity contribution in [3.05, 3.63) is 48.4 Å². The predicted molar refractivity (Wildman–Crippen MR) is 126 cm³/mol. The van der Waals surface area contributed by atoms with Crippen LogP contribution in [0.5, 0.6) is 0 Å². The van der Waals surface area contributed by atoms with Crippen LogP contribution in [0.1, 0.15) is 37.3 Å². The van der Waals surface area contributed by atoms with E-state index in [9.17, 15) is 9.18 Å². The summed E-state index contributed by atoms with van der Waals surface area (Å²) in [5.41, 5.74) is 9.06. The number of nitrogen functional groups attached to an aromatic ring is 1. The second kappa shape index (κ2) is 9.61. The Hall–Kier alpha value is -3.93. The maximum absolute atomic E-state index is 15.0. The van der Waals surface area contributed by atoms with Crippen LogP contribution in [0.2, 0.25) is 0 Å². The van der Waals surface area contributed by atoms with Crippen LogP contribution in [-0.2, 0) is 11.3 Å². The van der Waals surface area contributed by atoms with Crippen LogP contribution in [0.15, 0.2) is 36.9 Å². The van der Waals surface area contributed by atoms with Gasteiger partial charge in [0.05, 0.1) is 25.5 Å². The van der Waals surface area contributed by atoms with E-state index in [-0.39, 0.29) is 18.2 Å². The number of aliphatic hydroxyl groups is 1. The highest BCUT2D eigenvalue weighted by Gasteiger charge is 2.33. The Balaban J connectivity index is 1.43. The van der Waals surface area contributed by atoms with Gasteiger partial charge in [0.1, 0.15) is 17.3 Å². The van der Waals surface area contributed by atoms with Crippen molar-refractivity contribution in [3.63, 3.8) is 0 Å². The number of aliphatic hydroxyl groups excluding tert-OH is 1. The van der Waals surface area contributed by atoms with Crippen molar-refractivity contribution < 1.29 is 23.8 Å². The number of anilines is 1. The largest absolute Gasteiger partial charge is 0.479 e. The summed E-state index contributed by atoms with van der Waals surface area (Å²) < 4.78 is 31.9. The van der Waals surface area contributed by atoms with Crippen molar-refractivity contribution in [3.8, 4) is 22.4 Å². The monoisotopic (exact) mass is 497 g/mol. The number of halogens is 2. The molecule has 1 unspecified atom stereocenters. The lowest BCUT2D eigenvalue weighted by Crippen LogP contribution is -2.28. The van der Waals surface area contributed by atoms with Gasteiger partial charge in [-0.25, -0.2) is 18.6 Å². The molecule has 188 valence electrons. The van der Waals surface area contributed by atoms with Gasteiger partial charge in [-0.2, -0.15) is 14.7 Å². The standard InChI is InChI=1S/C24H25F2N7O3/c25-18-7-15(9-28-22(18)16-10-29-32(12-16)5-6-34)17-11-30-33-20(27)8-19(31-23(17)33)13-1-3-14(4-2-13)21(26)24(35)36/h7-14,21,34H,1-6,27H2,(H,35,36). The second-order valence-corrected chi connectivity index (χ2v) is 9.02. The van der Waals surface area contributed by atoms with E-state index in [0.717, 1.165) is 0 Å². The van der Waals surface area contributed by atoms with Crippen molar-refractivity contribution in [1.29, 1.82) is 0 Å². The van der Waals surface area contributed by atoms with Gasteiger partial charge >= 0.3 is 5.97 Å². The molecule has 5 rings (SSSR count). The summed E-state index contributed by atoms with van der Waals surface area (Å²) in [6.45, 7) is 0.218. The summed E-state index contributed by atoms with van der Waals surface area (Å²) in [5.74, 6) is -2.11. The van der Waals surface area contributed by atoms with Gasteiger partial charge in [-0.1, -0.05) is 0 Å². The van der Waals surface area contributed by atoms with E-state index in [1.165, 1.54) is 27.7 Å². The van der Waals surface area contributed by atoms with Crippen LogP contribution in [-0.4, -0.2) is 58.3 Å². The summed E-state index contributed by atoms with van der Waals surface area (Å²) in [4.78, 5) is 20.0. The van der Waals surface area contributed by atoms with Crippen molar-refractivity contribution in [1.82, 2.24) is 29.4 Å². The van der Waals surface area contributed by atoms with Crippen molar-refractivity contribution in [2.45, 2.75) is 44.3 Å². The Morgan fingerprint density at radius 1 is 1.14 bits per heavy atom. The molecule has 0 aromatic carbocycles. The molecule has 0 radical (unpaired) electrons. The lowest BCUT2D eigenvalue weighted by molar-refractivity contribution is -0.145. The summed E-state index contributed by atoms with van der Waals surface area (Å²) in [6.07, 6.45) is 6.41. The third-order valence-electron chi connectivity index (χ3n) is 6.75. The average molecular weight is 498 g/mol. The third-order valence-corrected chi connectivity index (χ3v) is 6.75. The minimum atomic E-state index is -1.86. The molecule has 1 atom stereocenters. The molecular weight excluding hydrogens is 472 g/mol. The quantitative estimate of drug-likeness (QED) is 0.353. The number of carboxylic acid groups (broad SMARTS) is 1. The first-order valence-electron chi connectivity index (χ1n) is 11.7. The molecule has 1 fully saturated rings. The van der Waals surface area contributed by atoms with Crippen molar-refractivity contribution in [2.24, 2.45) is 5.92 Å². The minimum Gasteiger partial charge on any atom is -0.479 e. The van der Waals surface area contributed by atoms with Crippen LogP contribution < -0.4 is 5.73 Å². The summed E-state index contributed by atoms with van der Waals surface area (Å²) in [6, 6.07) is 3.08. The SMILES string of the molecule is Nc1cc(C2CCC(C(F)C(=O)O)CC2)nc2c(-c3cnc(-c4cnn(CCO)c4)c(F)c3)cnn12. The number of fused-ring (bicyclic) bond motifs is 1. The average Bonchev–Trinajstić information content (AvgIpc) is 3.51. The molecule has 0 aliphatic heterocycles. The number of aromatic nitrogens is 6. The number of rotatable bonds is 7. The number of alkyl halides is 1. The van der Waals surface area contributed by atoms with E-state index in [1.807, 2.05) is 0 Å². The molecule has 1 aliphatic rings. The van der Waals surface area contributed by atoms with Gasteiger partial charge in [-0.15, -0.1) is 0 Å². The zero-order valence-electron chi connectivity index (χ0n) is 19.3. The number of nitrogens with two attached hydrogens (primary N) is 1. The lowest BCUT2D eigenvalue weighted by atomic mass is 9.78. The maximum Gasteiger partial charge on any atom is 0.338 e. The fourth-order valence-electron chi connectivity index (χ4n) is 4.84. The van der Waals surface area contributed by atoms with Gasteiger partial charge < -0.3 is 15.9 Å². The Morgan fingerprint density at radius 2 is 1.92 bits per heavy atom. The normalized spacial score (nSPS) is 19.0. The highest BCUT2D eigenvalue weighted by molar-refractivity contribution is 5.78. The molecule has 1 aliphatic carbocycles. The molecule has 10 nitrogen and oxygen atoms in total. The molecule has 4 N–H and O–H groups in total. The molecule has 1 saturated carbocycles. The smallest absolute Gasteiger partial charge is 0.338 e. The highest BCUT2D eigenvalue weighted by Crippen LogP contribution is 2.38. The van der Waals surface area contributed by atoms with Crippen LogP contribution in [0, 0.1) is 11.7 Å². The molecule has 0 spiro atoms. The van der Waals surface area contributed by atoms with Gasteiger partial charge in [-0.05, 0) is 31.7 Å². The van der Waals surface area contributed by atoms with Gasteiger partial charge in [0.25, 0.3) is 0 Å². The Kier molecular flexibility index (Phi) is 6.35. The lowest BCUT2D eigenvalue weighted by Gasteiger charge is -2.28. The summed E-state index contributed by atoms with van der Waals surface area (Å²) in [7, 11) is 0. The number of carboxylic acids is 1. The van der Waals surface area contributed by atoms with Crippen molar-refractivity contribution >= 4 is 17.4 Å². The molecule has 12 heteroatoms. The Morgan fingerprint density at radius 3 is 2.61 bits per heavy atom. The summed E-state index contributed by atoms with van der Waals surface area (Å²) >= 11 is 0. The highest BCUT2D eigenvalue weighted by atomic mass is 19.1.